The lowest BCUT2D eigenvalue weighted by molar-refractivity contribution is -0.259. The molecule has 180 valence electrons. The van der Waals surface area contributed by atoms with E-state index in [1.807, 2.05) is 37.3 Å². The number of amides is 1. The molecule has 2 aliphatic heterocycles. The molecule has 1 amide bonds. The van der Waals surface area contributed by atoms with Crippen molar-refractivity contribution in [3.63, 3.8) is 0 Å². The van der Waals surface area contributed by atoms with Gasteiger partial charge in [-0.25, -0.2) is 4.79 Å². The minimum Gasteiger partial charge on any atom is -0.456 e. The maximum absolute atomic E-state index is 13.2. The molecule has 1 aromatic carbocycles. The minimum atomic E-state index is -0.688. The molecule has 6 nitrogen and oxygen atoms in total. The van der Waals surface area contributed by atoms with Gasteiger partial charge in [0.05, 0.1) is 11.6 Å². The smallest absolute Gasteiger partial charge is 0.331 e. The largest absolute Gasteiger partial charge is 0.456 e. The van der Waals surface area contributed by atoms with Crippen LogP contribution in [0.3, 0.4) is 0 Å². The number of allylic oxidation sites excluding steroid dienone is 1. The number of rotatable bonds is 6. The van der Waals surface area contributed by atoms with E-state index in [-0.39, 0.29) is 29.8 Å². The molecule has 2 saturated heterocycles. The monoisotopic (exact) mass is 455 g/mol. The summed E-state index contributed by atoms with van der Waals surface area (Å²) in [6.45, 7) is 9.89. The van der Waals surface area contributed by atoms with E-state index < -0.39 is 29.8 Å². The van der Waals surface area contributed by atoms with Crippen LogP contribution >= 0.6 is 0 Å². The molecule has 2 bridgehead atoms. The zero-order chi connectivity index (χ0) is 24.0. The highest BCUT2D eigenvalue weighted by atomic mass is 16.6. The molecule has 7 atom stereocenters. The Labute approximate surface area is 196 Å². The number of nitrogens with one attached hydrogen (secondary N) is 1. The molecule has 1 aliphatic carbocycles. The van der Waals surface area contributed by atoms with Crippen molar-refractivity contribution < 1.29 is 24.2 Å². The van der Waals surface area contributed by atoms with Gasteiger partial charge in [-0.1, -0.05) is 51.1 Å². The van der Waals surface area contributed by atoms with E-state index in [9.17, 15) is 14.7 Å². The summed E-state index contributed by atoms with van der Waals surface area (Å²) in [7, 11) is 0. The van der Waals surface area contributed by atoms with Crippen LogP contribution in [0.4, 0.5) is 0 Å². The molecule has 0 aromatic heterocycles. The van der Waals surface area contributed by atoms with Crippen molar-refractivity contribution >= 4 is 17.4 Å². The van der Waals surface area contributed by atoms with Gasteiger partial charge < -0.3 is 19.9 Å². The van der Waals surface area contributed by atoms with E-state index >= 15 is 0 Å². The highest BCUT2D eigenvalue weighted by molar-refractivity contribution is 5.91. The number of esters is 1. The summed E-state index contributed by atoms with van der Waals surface area (Å²) in [5, 5.41) is 12.4. The second-order valence-corrected chi connectivity index (χ2v) is 10.7. The van der Waals surface area contributed by atoms with E-state index in [0.717, 1.165) is 24.0 Å². The maximum atomic E-state index is 13.2. The molecule has 33 heavy (non-hydrogen) atoms. The first-order chi connectivity index (χ1) is 15.6. The topological polar surface area (TPSA) is 84.9 Å². The number of carbonyl (C=O) groups excluding carboxylic acids is 2. The quantitative estimate of drug-likeness (QED) is 0.504. The van der Waals surface area contributed by atoms with Crippen LogP contribution in [-0.4, -0.2) is 46.9 Å². The van der Waals surface area contributed by atoms with Crippen molar-refractivity contribution in [2.45, 2.75) is 77.2 Å². The van der Waals surface area contributed by atoms with Crippen molar-refractivity contribution in [1.29, 1.82) is 0 Å². The van der Waals surface area contributed by atoms with Gasteiger partial charge in [0.25, 0.3) is 0 Å². The highest BCUT2D eigenvalue weighted by Crippen LogP contribution is 2.62. The van der Waals surface area contributed by atoms with Gasteiger partial charge in [-0.3, -0.25) is 4.79 Å². The highest BCUT2D eigenvalue weighted by Gasteiger charge is 2.71. The molecule has 4 rings (SSSR count). The average Bonchev–Trinajstić information content (AvgIpc) is 3.30. The summed E-state index contributed by atoms with van der Waals surface area (Å²) in [6.07, 6.45) is 3.75. The molecule has 0 radical (unpaired) electrons. The number of benzene rings is 1. The van der Waals surface area contributed by atoms with Gasteiger partial charge >= 0.3 is 5.97 Å². The third kappa shape index (κ3) is 4.01. The van der Waals surface area contributed by atoms with E-state index in [1.165, 1.54) is 0 Å². The number of aliphatic hydroxyl groups is 1. The fraction of sp³-hybridized carbons (Fsp3) is 0.630. The summed E-state index contributed by atoms with van der Waals surface area (Å²) < 4.78 is 13.1. The van der Waals surface area contributed by atoms with Gasteiger partial charge in [0.1, 0.15) is 18.3 Å². The molecule has 3 unspecified atom stereocenters. The van der Waals surface area contributed by atoms with Crippen molar-refractivity contribution in [3.8, 4) is 0 Å². The van der Waals surface area contributed by atoms with E-state index in [0.29, 0.717) is 12.3 Å². The summed E-state index contributed by atoms with van der Waals surface area (Å²) in [6, 6.07) is 9.57. The fourth-order valence-electron chi connectivity index (χ4n) is 6.70. The van der Waals surface area contributed by atoms with Crippen LogP contribution in [0.25, 0.3) is 5.57 Å². The van der Waals surface area contributed by atoms with Crippen LogP contribution in [0.2, 0.25) is 0 Å². The predicted molar refractivity (Wildman–Crippen MR) is 126 cm³/mol. The van der Waals surface area contributed by atoms with Crippen molar-refractivity contribution in [2.75, 3.05) is 6.61 Å². The van der Waals surface area contributed by atoms with E-state index in [4.69, 9.17) is 9.47 Å². The van der Waals surface area contributed by atoms with E-state index in [1.54, 1.807) is 6.08 Å². The van der Waals surface area contributed by atoms with Crippen molar-refractivity contribution in [1.82, 2.24) is 5.32 Å². The average molecular weight is 456 g/mol. The first-order valence-electron chi connectivity index (χ1n) is 12.2. The molecule has 2 N–H and O–H groups in total. The van der Waals surface area contributed by atoms with Crippen LogP contribution in [0, 0.1) is 23.7 Å². The van der Waals surface area contributed by atoms with Crippen LogP contribution in [0.5, 0.6) is 0 Å². The fourth-order valence-corrected chi connectivity index (χ4v) is 6.70. The lowest BCUT2D eigenvalue weighted by Gasteiger charge is -2.53. The molecule has 0 spiro atoms. The predicted octanol–water partition coefficient (Wildman–Crippen LogP) is 3.73. The molecular weight excluding hydrogens is 418 g/mol. The Kier molecular flexibility index (Phi) is 6.45. The normalized spacial score (nSPS) is 37.7. The Morgan fingerprint density at radius 3 is 2.61 bits per heavy atom. The Balaban J connectivity index is 1.68. The molecule has 3 aliphatic rings. The Hall–Kier alpha value is -2.18. The molecular formula is C27H37NO5. The number of fused-ring (bicyclic) bond motifs is 4. The van der Waals surface area contributed by atoms with Crippen LogP contribution < -0.4 is 5.32 Å². The SMILES string of the molecule is C/C(=C\C(=O)O[C@H]1[C@H]2C(CC[C@H]2C)C2(C)OC1(C(C)C)C[C@H]2NC(=O)CO)c1ccccc1. The second-order valence-electron chi connectivity index (χ2n) is 10.7. The van der Waals surface area contributed by atoms with Gasteiger partial charge in [0, 0.05) is 18.4 Å². The second kappa shape index (κ2) is 8.88. The van der Waals surface area contributed by atoms with Gasteiger partial charge in [-0.15, -0.1) is 0 Å². The molecule has 1 saturated carbocycles. The van der Waals surface area contributed by atoms with Crippen LogP contribution in [0.1, 0.15) is 59.4 Å². The van der Waals surface area contributed by atoms with Crippen LogP contribution in [0.15, 0.2) is 36.4 Å². The Morgan fingerprint density at radius 1 is 1.27 bits per heavy atom. The molecule has 1 aromatic rings. The molecule has 3 fully saturated rings. The Bertz CT molecular complexity index is 928. The number of ether oxygens (including phenoxy) is 2. The lowest BCUT2D eigenvalue weighted by Crippen LogP contribution is -2.63. The first-order valence-corrected chi connectivity index (χ1v) is 12.2. The third-order valence-corrected chi connectivity index (χ3v) is 8.51. The van der Waals surface area contributed by atoms with Crippen LogP contribution in [-0.2, 0) is 19.1 Å². The number of aliphatic hydroxyl groups excluding tert-OH is 1. The first kappa shape index (κ1) is 24.0. The minimum absolute atomic E-state index is 0.0820. The van der Waals surface area contributed by atoms with Gasteiger partial charge in [0.15, 0.2) is 0 Å². The lowest BCUT2D eigenvalue weighted by atomic mass is 9.69. The van der Waals surface area contributed by atoms with Crippen molar-refractivity contribution in [2.24, 2.45) is 23.7 Å². The Morgan fingerprint density at radius 2 is 1.97 bits per heavy atom. The summed E-state index contributed by atoms with van der Waals surface area (Å²) in [5.74, 6) is 0.0572. The standard InChI is InChI=1S/C27H37NO5/c1-16(2)27-14-21(28-22(30)15-29)26(5,33-27)20-12-11-17(3)24(20)25(27)32-23(31)13-18(4)19-9-7-6-8-10-19/h6-10,13,16-17,20-21,24-25,29H,11-12,14-15H2,1-5H3,(H,28,30)/b18-13+/t17-,20?,21-,24-,25+,26?,27?/m1/s1. The summed E-state index contributed by atoms with van der Waals surface area (Å²) >= 11 is 0. The van der Waals surface area contributed by atoms with E-state index in [2.05, 4.69) is 33.0 Å². The van der Waals surface area contributed by atoms with Gasteiger partial charge in [-0.05, 0) is 55.6 Å². The zero-order valence-electron chi connectivity index (χ0n) is 20.3. The summed E-state index contributed by atoms with van der Waals surface area (Å²) in [4.78, 5) is 25.3. The molecule has 2 heterocycles. The number of carbonyl (C=O) groups is 2. The maximum Gasteiger partial charge on any atom is 0.331 e. The molecule has 6 heteroatoms. The van der Waals surface area contributed by atoms with Gasteiger partial charge in [-0.2, -0.15) is 0 Å². The third-order valence-electron chi connectivity index (χ3n) is 8.51. The van der Waals surface area contributed by atoms with Gasteiger partial charge in [0.2, 0.25) is 5.91 Å². The van der Waals surface area contributed by atoms with Crippen molar-refractivity contribution in [3.05, 3.63) is 42.0 Å². The zero-order valence-corrected chi connectivity index (χ0v) is 20.3. The number of hydrogen-bond donors (Lipinski definition) is 2. The number of hydrogen-bond acceptors (Lipinski definition) is 5. The summed E-state index contributed by atoms with van der Waals surface area (Å²) in [5.41, 5.74) is 0.603.